The molecule has 4 heteroatoms. The molecule has 96 valence electrons. The highest BCUT2D eigenvalue weighted by atomic mass is 16.4. The van der Waals surface area contributed by atoms with Crippen molar-refractivity contribution in [1.29, 1.82) is 0 Å². The molecule has 1 heterocycles. The van der Waals surface area contributed by atoms with Gasteiger partial charge in [-0.2, -0.15) is 0 Å². The van der Waals surface area contributed by atoms with Gasteiger partial charge in [0.25, 0.3) is 0 Å². The molecule has 4 nitrogen and oxygen atoms in total. The maximum atomic E-state index is 11.1. The van der Waals surface area contributed by atoms with Gasteiger partial charge in [0.05, 0.1) is 5.52 Å². The number of nitrogens with one attached hydrogen (secondary N) is 1. The fourth-order valence-electron chi connectivity index (χ4n) is 2.36. The number of carboxylic acid groups (broad SMARTS) is 1. The molecule has 2 aromatic rings. The van der Waals surface area contributed by atoms with Crippen LogP contribution in [0, 0.1) is 0 Å². The van der Waals surface area contributed by atoms with Crippen molar-refractivity contribution in [3.05, 3.63) is 48.2 Å². The van der Waals surface area contributed by atoms with Crippen LogP contribution in [0.25, 0.3) is 10.9 Å². The van der Waals surface area contributed by atoms with E-state index in [9.17, 15) is 4.79 Å². The van der Waals surface area contributed by atoms with Crippen LogP contribution in [-0.4, -0.2) is 22.1 Å². The Hall–Kier alpha value is -2.36. The van der Waals surface area contributed by atoms with Gasteiger partial charge in [-0.3, -0.25) is 0 Å². The van der Waals surface area contributed by atoms with Crippen LogP contribution in [0.15, 0.2) is 42.5 Å². The monoisotopic (exact) mass is 254 g/mol. The van der Waals surface area contributed by atoms with Gasteiger partial charge in [0.2, 0.25) is 0 Å². The minimum absolute atomic E-state index is 0.0761. The van der Waals surface area contributed by atoms with Crippen LogP contribution in [-0.2, 0) is 0 Å². The predicted octanol–water partition coefficient (Wildman–Crippen LogP) is 3.06. The van der Waals surface area contributed by atoms with Crippen molar-refractivity contribution in [2.24, 2.45) is 0 Å². The molecule has 0 aliphatic heterocycles. The Morgan fingerprint density at radius 3 is 2.74 bits per heavy atom. The zero-order valence-corrected chi connectivity index (χ0v) is 10.3. The molecule has 0 spiro atoms. The van der Waals surface area contributed by atoms with Crippen LogP contribution in [0.5, 0.6) is 0 Å². The van der Waals surface area contributed by atoms with Crippen LogP contribution >= 0.6 is 0 Å². The summed E-state index contributed by atoms with van der Waals surface area (Å²) in [5.41, 5.74) is 1.62. The van der Waals surface area contributed by atoms with Crippen molar-refractivity contribution < 1.29 is 9.90 Å². The Morgan fingerprint density at radius 1 is 1.26 bits per heavy atom. The summed E-state index contributed by atoms with van der Waals surface area (Å²) in [6, 6.07) is 9.54. The van der Waals surface area contributed by atoms with Gasteiger partial charge in [0.1, 0.15) is 0 Å². The number of hydrogen-bond acceptors (Lipinski definition) is 3. The molecule has 0 bridgehead atoms. The van der Waals surface area contributed by atoms with E-state index in [1.54, 1.807) is 6.07 Å². The third kappa shape index (κ3) is 2.29. The maximum absolute atomic E-state index is 11.1. The van der Waals surface area contributed by atoms with Crippen LogP contribution in [0.3, 0.4) is 0 Å². The molecule has 2 N–H and O–H groups in total. The highest BCUT2D eigenvalue weighted by Gasteiger charge is 2.14. The Balaban J connectivity index is 2.06. The number of carboxylic acids is 1. The fourth-order valence-corrected chi connectivity index (χ4v) is 2.36. The molecular weight excluding hydrogens is 240 g/mol. The van der Waals surface area contributed by atoms with E-state index in [0.29, 0.717) is 11.6 Å². The molecule has 0 saturated heterocycles. The van der Waals surface area contributed by atoms with Gasteiger partial charge < -0.3 is 10.4 Å². The third-order valence-electron chi connectivity index (χ3n) is 3.30. The minimum Gasteiger partial charge on any atom is -0.477 e. The second-order valence-electron chi connectivity index (χ2n) is 4.66. The van der Waals surface area contributed by atoms with Gasteiger partial charge in [-0.15, -0.1) is 0 Å². The number of benzene rings is 1. The normalized spacial score (nSPS) is 14.9. The summed E-state index contributed by atoms with van der Waals surface area (Å²) in [5.74, 6) is -1.00. The third-order valence-corrected chi connectivity index (χ3v) is 3.30. The maximum Gasteiger partial charge on any atom is 0.354 e. The van der Waals surface area contributed by atoms with E-state index < -0.39 is 5.97 Å². The zero-order chi connectivity index (χ0) is 13.2. The number of fused-ring (bicyclic) bond motifs is 1. The number of pyridine rings is 1. The Kier molecular flexibility index (Phi) is 2.91. The van der Waals surface area contributed by atoms with Gasteiger partial charge >= 0.3 is 5.97 Å². The first-order valence-electron chi connectivity index (χ1n) is 6.28. The van der Waals surface area contributed by atoms with Crippen molar-refractivity contribution in [2.75, 3.05) is 5.32 Å². The number of hydrogen-bond donors (Lipinski definition) is 2. The van der Waals surface area contributed by atoms with Gasteiger partial charge in [-0.1, -0.05) is 30.4 Å². The largest absolute Gasteiger partial charge is 0.477 e. The first-order valence-corrected chi connectivity index (χ1v) is 6.28. The summed E-state index contributed by atoms with van der Waals surface area (Å²) in [5, 5.41) is 13.5. The van der Waals surface area contributed by atoms with E-state index in [0.717, 1.165) is 23.9 Å². The Bertz CT molecular complexity index is 656. The van der Waals surface area contributed by atoms with Gasteiger partial charge in [-0.25, -0.2) is 9.78 Å². The minimum atomic E-state index is -1.00. The lowest BCUT2D eigenvalue weighted by molar-refractivity contribution is 0.0691. The van der Waals surface area contributed by atoms with Crippen LogP contribution in [0.2, 0.25) is 0 Å². The molecule has 1 aliphatic carbocycles. The number of anilines is 1. The SMILES string of the molecule is O=C(O)c1cc(NC2CC=CC2)c2ccccc2n1. The van der Waals surface area contributed by atoms with Crippen molar-refractivity contribution in [3.8, 4) is 0 Å². The topological polar surface area (TPSA) is 62.2 Å². The first kappa shape index (κ1) is 11.7. The average Bonchev–Trinajstić information content (AvgIpc) is 2.91. The molecule has 1 aromatic heterocycles. The van der Waals surface area contributed by atoms with Crippen LogP contribution in [0.1, 0.15) is 23.3 Å². The summed E-state index contributed by atoms with van der Waals surface area (Å²) in [6.45, 7) is 0. The molecule has 0 unspecified atom stereocenters. The quantitative estimate of drug-likeness (QED) is 0.826. The van der Waals surface area contributed by atoms with Gasteiger partial charge in [0.15, 0.2) is 5.69 Å². The molecule has 1 aromatic carbocycles. The van der Waals surface area contributed by atoms with E-state index in [1.807, 2.05) is 24.3 Å². The number of aromatic nitrogens is 1. The Morgan fingerprint density at radius 2 is 2.00 bits per heavy atom. The van der Waals surface area contributed by atoms with E-state index >= 15 is 0 Å². The molecule has 0 saturated carbocycles. The summed E-state index contributed by atoms with van der Waals surface area (Å²) >= 11 is 0. The van der Waals surface area contributed by atoms with E-state index in [4.69, 9.17) is 5.11 Å². The number of carbonyl (C=O) groups is 1. The average molecular weight is 254 g/mol. The molecule has 0 fully saturated rings. The number of rotatable bonds is 3. The molecule has 0 atom stereocenters. The van der Waals surface area contributed by atoms with Crippen molar-refractivity contribution in [3.63, 3.8) is 0 Å². The lowest BCUT2D eigenvalue weighted by atomic mass is 10.1. The highest BCUT2D eigenvalue weighted by Crippen LogP contribution is 2.26. The second-order valence-corrected chi connectivity index (χ2v) is 4.66. The Labute approximate surface area is 110 Å². The summed E-state index contributed by atoms with van der Waals surface area (Å²) in [4.78, 5) is 15.3. The number of nitrogens with zero attached hydrogens (tertiary/aromatic N) is 1. The smallest absolute Gasteiger partial charge is 0.354 e. The molecule has 19 heavy (non-hydrogen) atoms. The summed E-state index contributed by atoms with van der Waals surface area (Å²) in [7, 11) is 0. The fraction of sp³-hybridized carbons (Fsp3) is 0.200. The summed E-state index contributed by atoms with van der Waals surface area (Å²) in [6.07, 6.45) is 6.22. The molecule has 1 aliphatic rings. The standard InChI is InChI=1S/C15H14N2O2/c18-15(19)14-9-13(16-10-5-1-2-6-10)11-7-3-4-8-12(11)17-14/h1-4,7-10H,5-6H2,(H,16,17)(H,18,19). The first-order chi connectivity index (χ1) is 9.24. The van der Waals surface area contributed by atoms with Crippen molar-refractivity contribution in [1.82, 2.24) is 4.98 Å². The number of para-hydroxylation sites is 1. The molecular formula is C15H14N2O2. The molecule has 0 radical (unpaired) electrons. The van der Waals surface area contributed by atoms with Crippen LogP contribution < -0.4 is 5.32 Å². The van der Waals surface area contributed by atoms with E-state index in [1.165, 1.54) is 0 Å². The molecule has 0 amide bonds. The van der Waals surface area contributed by atoms with Gasteiger partial charge in [0, 0.05) is 17.1 Å². The van der Waals surface area contributed by atoms with E-state index in [-0.39, 0.29) is 5.69 Å². The lowest BCUT2D eigenvalue weighted by Crippen LogP contribution is -2.16. The highest BCUT2D eigenvalue weighted by molar-refractivity contribution is 5.97. The van der Waals surface area contributed by atoms with E-state index in [2.05, 4.69) is 22.5 Å². The summed E-state index contributed by atoms with van der Waals surface area (Å²) < 4.78 is 0. The lowest BCUT2D eigenvalue weighted by Gasteiger charge is -2.16. The van der Waals surface area contributed by atoms with Crippen molar-refractivity contribution >= 4 is 22.6 Å². The second kappa shape index (κ2) is 4.72. The zero-order valence-electron chi connectivity index (χ0n) is 10.3. The van der Waals surface area contributed by atoms with Crippen molar-refractivity contribution in [2.45, 2.75) is 18.9 Å². The van der Waals surface area contributed by atoms with Crippen LogP contribution in [0.4, 0.5) is 5.69 Å². The predicted molar refractivity (Wildman–Crippen MR) is 74.5 cm³/mol. The number of aromatic carboxylic acids is 1. The van der Waals surface area contributed by atoms with Gasteiger partial charge in [-0.05, 0) is 25.0 Å². The molecule has 3 rings (SSSR count).